The highest BCUT2D eigenvalue weighted by Gasteiger charge is 2.26. The van der Waals surface area contributed by atoms with Crippen molar-refractivity contribution in [3.05, 3.63) is 65.7 Å². The van der Waals surface area contributed by atoms with E-state index < -0.39 is 0 Å². The minimum absolute atomic E-state index is 0.0125. The van der Waals surface area contributed by atoms with Gasteiger partial charge in [0, 0.05) is 26.1 Å². The number of hydrogen-bond donors (Lipinski definition) is 2. The van der Waals surface area contributed by atoms with Gasteiger partial charge in [-0.15, -0.1) is 0 Å². The van der Waals surface area contributed by atoms with Crippen LogP contribution < -0.4 is 10.6 Å². The monoisotopic (exact) mass is 395 g/mol. The molecular formula is C23H29N3O3. The number of ether oxygens (including phenoxy) is 1. The summed E-state index contributed by atoms with van der Waals surface area (Å²) in [6.45, 7) is 3.58. The fraction of sp³-hybridized carbons (Fsp3) is 0.391. The summed E-state index contributed by atoms with van der Waals surface area (Å²) < 4.78 is 4.96. The van der Waals surface area contributed by atoms with Gasteiger partial charge in [0.2, 0.25) is 5.91 Å². The van der Waals surface area contributed by atoms with E-state index >= 15 is 0 Å². The lowest BCUT2D eigenvalue weighted by Gasteiger charge is -2.31. The first-order valence-corrected chi connectivity index (χ1v) is 10.1. The van der Waals surface area contributed by atoms with Gasteiger partial charge in [-0.25, -0.2) is 0 Å². The van der Waals surface area contributed by atoms with Crippen LogP contribution in [0.1, 0.15) is 28.8 Å². The van der Waals surface area contributed by atoms with Crippen molar-refractivity contribution >= 4 is 17.5 Å². The van der Waals surface area contributed by atoms with Crippen LogP contribution in [-0.2, 0) is 16.1 Å². The Hall–Kier alpha value is -2.70. The van der Waals surface area contributed by atoms with Gasteiger partial charge in [0.25, 0.3) is 5.91 Å². The highest BCUT2D eigenvalue weighted by molar-refractivity contribution is 6.04. The summed E-state index contributed by atoms with van der Waals surface area (Å²) in [7, 11) is 1.59. The van der Waals surface area contributed by atoms with Crippen LogP contribution in [0.3, 0.4) is 0 Å². The van der Waals surface area contributed by atoms with E-state index in [-0.39, 0.29) is 17.7 Å². The number of carbonyl (C=O) groups excluding carboxylic acids is 2. The molecule has 29 heavy (non-hydrogen) atoms. The van der Waals surface area contributed by atoms with Crippen molar-refractivity contribution in [2.24, 2.45) is 5.92 Å². The highest BCUT2D eigenvalue weighted by atomic mass is 16.5. The van der Waals surface area contributed by atoms with E-state index in [1.807, 2.05) is 12.1 Å². The molecule has 1 aliphatic rings. The van der Waals surface area contributed by atoms with Crippen molar-refractivity contribution in [3.8, 4) is 0 Å². The van der Waals surface area contributed by atoms with Crippen LogP contribution in [0, 0.1) is 5.92 Å². The molecule has 0 unspecified atom stereocenters. The maximum absolute atomic E-state index is 12.8. The topological polar surface area (TPSA) is 70.7 Å². The summed E-state index contributed by atoms with van der Waals surface area (Å²) in [4.78, 5) is 27.6. The number of anilines is 1. The molecule has 6 heteroatoms. The molecule has 2 amide bonds. The smallest absolute Gasteiger partial charge is 0.253 e. The Morgan fingerprint density at radius 3 is 2.45 bits per heavy atom. The summed E-state index contributed by atoms with van der Waals surface area (Å²) in [6.07, 6.45) is 1.64. The minimum atomic E-state index is -0.212. The molecule has 3 rings (SSSR count). The molecule has 1 aliphatic heterocycles. The van der Waals surface area contributed by atoms with Crippen molar-refractivity contribution < 1.29 is 14.3 Å². The fourth-order valence-corrected chi connectivity index (χ4v) is 3.58. The lowest BCUT2D eigenvalue weighted by molar-refractivity contribution is -0.121. The summed E-state index contributed by atoms with van der Waals surface area (Å²) in [5.41, 5.74) is 2.32. The van der Waals surface area contributed by atoms with Crippen molar-refractivity contribution in [2.75, 3.05) is 38.7 Å². The lowest BCUT2D eigenvalue weighted by Crippen LogP contribution is -2.38. The molecular weight excluding hydrogens is 366 g/mol. The van der Waals surface area contributed by atoms with Crippen molar-refractivity contribution in [1.29, 1.82) is 0 Å². The van der Waals surface area contributed by atoms with E-state index in [1.165, 1.54) is 5.56 Å². The molecule has 0 aromatic heterocycles. The Kier molecular flexibility index (Phi) is 7.78. The van der Waals surface area contributed by atoms with Crippen LogP contribution in [0.5, 0.6) is 0 Å². The van der Waals surface area contributed by atoms with Crippen molar-refractivity contribution in [1.82, 2.24) is 10.2 Å². The van der Waals surface area contributed by atoms with Gasteiger partial charge in [-0.05, 0) is 43.6 Å². The predicted octanol–water partition coefficient (Wildman–Crippen LogP) is 2.91. The van der Waals surface area contributed by atoms with Crippen LogP contribution in [-0.4, -0.2) is 50.1 Å². The zero-order chi connectivity index (χ0) is 20.5. The molecule has 0 spiro atoms. The van der Waals surface area contributed by atoms with Gasteiger partial charge in [0.15, 0.2) is 0 Å². The Labute approximate surface area is 172 Å². The molecule has 0 atom stereocenters. The third kappa shape index (κ3) is 6.14. The first kappa shape index (κ1) is 21.0. The van der Waals surface area contributed by atoms with Crippen LogP contribution >= 0.6 is 0 Å². The van der Waals surface area contributed by atoms with Gasteiger partial charge in [0.1, 0.15) is 0 Å². The van der Waals surface area contributed by atoms with Gasteiger partial charge in [0.05, 0.1) is 17.9 Å². The third-order valence-corrected chi connectivity index (χ3v) is 5.23. The maximum Gasteiger partial charge on any atom is 0.253 e. The number of nitrogens with one attached hydrogen (secondary N) is 2. The number of methoxy groups -OCH3 is 1. The molecule has 6 nitrogen and oxygen atoms in total. The number of nitrogens with zero attached hydrogens (tertiary/aromatic N) is 1. The summed E-state index contributed by atoms with van der Waals surface area (Å²) in [5, 5.41) is 5.77. The number of carbonyl (C=O) groups is 2. The third-order valence-electron chi connectivity index (χ3n) is 5.23. The van der Waals surface area contributed by atoms with Crippen molar-refractivity contribution in [2.45, 2.75) is 19.4 Å². The van der Waals surface area contributed by atoms with Gasteiger partial charge in [-0.1, -0.05) is 42.5 Å². The number of likely N-dealkylation sites (tertiary alicyclic amines) is 1. The van der Waals surface area contributed by atoms with Crippen LogP contribution in [0.25, 0.3) is 0 Å². The number of rotatable bonds is 8. The zero-order valence-electron chi connectivity index (χ0n) is 16.9. The van der Waals surface area contributed by atoms with Gasteiger partial charge >= 0.3 is 0 Å². The largest absolute Gasteiger partial charge is 0.383 e. The Balaban J connectivity index is 1.53. The summed E-state index contributed by atoms with van der Waals surface area (Å²) in [6, 6.07) is 17.5. The van der Waals surface area contributed by atoms with Crippen LogP contribution in [0.2, 0.25) is 0 Å². The standard InChI is InChI=1S/C23H29N3O3/c1-29-16-13-24-23(28)20-9-5-6-10-21(20)25-22(27)19-11-14-26(15-12-19)17-18-7-3-2-4-8-18/h2-10,19H,11-17H2,1H3,(H,24,28)(H,25,27). The van der Waals surface area contributed by atoms with E-state index in [9.17, 15) is 9.59 Å². The average Bonchev–Trinajstić information content (AvgIpc) is 2.75. The quantitative estimate of drug-likeness (QED) is 0.675. The average molecular weight is 396 g/mol. The molecule has 0 bridgehead atoms. The molecule has 0 radical (unpaired) electrons. The van der Waals surface area contributed by atoms with Gasteiger partial charge in [-0.2, -0.15) is 0 Å². The molecule has 0 aliphatic carbocycles. The zero-order valence-corrected chi connectivity index (χ0v) is 16.9. The number of para-hydroxylation sites is 1. The van der Waals surface area contributed by atoms with E-state index in [2.05, 4.69) is 39.8 Å². The number of piperidine rings is 1. The van der Waals surface area contributed by atoms with E-state index in [0.29, 0.717) is 24.4 Å². The van der Waals surface area contributed by atoms with Crippen molar-refractivity contribution in [3.63, 3.8) is 0 Å². The predicted molar refractivity (Wildman–Crippen MR) is 114 cm³/mol. The fourth-order valence-electron chi connectivity index (χ4n) is 3.58. The Morgan fingerprint density at radius 1 is 1.03 bits per heavy atom. The maximum atomic E-state index is 12.8. The van der Waals surface area contributed by atoms with E-state index in [1.54, 1.807) is 25.3 Å². The molecule has 154 valence electrons. The van der Waals surface area contributed by atoms with Crippen LogP contribution in [0.15, 0.2) is 54.6 Å². The summed E-state index contributed by atoms with van der Waals surface area (Å²) in [5.74, 6) is -0.260. The number of amides is 2. The van der Waals surface area contributed by atoms with Gasteiger partial charge in [-0.3, -0.25) is 14.5 Å². The normalized spacial score (nSPS) is 15.1. The van der Waals surface area contributed by atoms with Crippen LogP contribution in [0.4, 0.5) is 5.69 Å². The molecule has 2 aromatic carbocycles. The number of benzene rings is 2. The van der Waals surface area contributed by atoms with E-state index in [0.717, 1.165) is 32.5 Å². The van der Waals surface area contributed by atoms with E-state index in [4.69, 9.17) is 4.74 Å². The molecule has 1 heterocycles. The molecule has 1 fully saturated rings. The second-order valence-electron chi connectivity index (χ2n) is 7.32. The first-order chi connectivity index (χ1) is 14.2. The SMILES string of the molecule is COCCNC(=O)c1ccccc1NC(=O)C1CCN(Cc2ccccc2)CC1. The molecule has 2 aromatic rings. The second kappa shape index (κ2) is 10.7. The first-order valence-electron chi connectivity index (χ1n) is 10.1. The molecule has 0 saturated carbocycles. The van der Waals surface area contributed by atoms with Gasteiger partial charge < -0.3 is 15.4 Å². The number of hydrogen-bond acceptors (Lipinski definition) is 4. The molecule has 2 N–H and O–H groups in total. The second-order valence-corrected chi connectivity index (χ2v) is 7.32. The Morgan fingerprint density at radius 2 is 1.72 bits per heavy atom. The highest BCUT2D eigenvalue weighted by Crippen LogP contribution is 2.22. The molecule has 1 saturated heterocycles. The summed E-state index contributed by atoms with van der Waals surface area (Å²) >= 11 is 0. The Bertz CT molecular complexity index is 802. The lowest BCUT2D eigenvalue weighted by atomic mass is 9.95. The minimum Gasteiger partial charge on any atom is -0.383 e.